The second-order valence-corrected chi connectivity index (χ2v) is 3.05. The Labute approximate surface area is 79.7 Å². The zero-order chi connectivity index (χ0) is 9.30. The van der Waals surface area contributed by atoms with Gasteiger partial charge >= 0.3 is 0 Å². The Morgan fingerprint density at radius 3 is 2.50 bits per heavy atom. The second-order valence-electron chi connectivity index (χ2n) is 1.93. The predicted molar refractivity (Wildman–Crippen MR) is 41.9 cm³/mol. The molecule has 66 valence electrons. The summed E-state index contributed by atoms with van der Waals surface area (Å²) < 4.78 is 36.8. The lowest BCUT2D eigenvalue weighted by molar-refractivity contribution is 0.146. The second kappa shape index (κ2) is 3.62. The van der Waals surface area contributed by atoms with Crippen LogP contribution in [0.4, 0.5) is 13.2 Å². The average molecular weight is 260 g/mol. The van der Waals surface area contributed by atoms with Crippen LogP contribution >= 0.6 is 27.5 Å². The fraction of sp³-hybridized carbons (Fsp3) is 0.167. The summed E-state index contributed by atoms with van der Waals surface area (Å²) in [6.07, 6.45) is -2.24. The lowest BCUT2D eigenvalue weighted by atomic mass is 10.3. The molecule has 0 saturated heterocycles. The zero-order valence-electron chi connectivity index (χ0n) is 5.49. The van der Waals surface area contributed by atoms with Crippen molar-refractivity contribution in [1.82, 2.24) is 4.98 Å². The Bertz CT molecular complexity index is 305. The molecule has 0 N–H and O–H groups in total. The van der Waals surface area contributed by atoms with Gasteiger partial charge in [0.1, 0.15) is 4.60 Å². The van der Waals surface area contributed by atoms with Gasteiger partial charge in [-0.05, 0) is 15.9 Å². The summed E-state index contributed by atoms with van der Waals surface area (Å²) >= 11 is 8.17. The van der Waals surface area contributed by atoms with E-state index in [0.717, 1.165) is 0 Å². The van der Waals surface area contributed by atoms with Crippen molar-refractivity contribution in [2.24, 2.45) is 0 Å². The maximum atomic E-state index is 12.6. The number of nitrogens with zero attached hydrogens (tertiary/aromatic N) is 1. The van der Waals surface area contributed by atoms with Crippen LogP contribution in [0.1, 0.15) is 12.0 Å². The molecular weight excluding hydrogens is 258 g/mol. The smallest absolute Gasteiger partial charge is 0.245 e. The zero-order valence-corrected chi connectivity index (χ0v) is 7.83. The summed E-state index contributed by atoms with van der Waals surface area (Å²) in [5.41, 5.74) is -0.821. The molecule has 0 aliphatic heterocycles. The monoisotopic (exact) mass is 259 g/mol. The highest BCUT2D eigenvalue weighted by Gasteiger charge is 2.19. The van der Waals surface area contributed by atoms with E-state index in [1.54, 1.807) is 0 Å². The van der Waals surface area contributed by atoms with Gasteiger partial charge in [0.25, 0.3) is 6.43 Å². The molecule has 0 aliphatic carbocycles. The van der Waals surface area contributed by atoms with Crippen LogP contribution < -0.4 is 0 Å². The van der Waals surface area contributed by atoms with Crippen molar-refractivity contribution in [2.45, 2.75) is 6.43 Å². The fourth-order valence-corrected chi connectivity index (χ4v) is 1.19. The van der Waals surface area contributed by atoms with Crippen molar-refractivity contribution in [3.8, 4) is 0 Å². The van der Waals surface area contributed by atoms with Crippen LogP contribution in [0.3, 0.4) is 0 Å². The molecule has 1 rings (SSSR count). The standard InChI is InChI=1S/C6H2BrClF3N/c7-5-4(8)3(6(10)11)2(9)1-12-5/h1,6H. The molecule has 1 nitrogen and oxygen atoms in total. The van der Waals surface area contributed by atoms with Crippen LogP contribution in [0.2, 0.25) is 5.02 Å². The van der Waals surface area contributed by atoms with Gasteiger partial charge in [-0.2, -0.15) is 0 Å². The number of hydrogen-bond acceptors (Lipinski definition) is 1. The molecule has 0 unspecified atom stereocenters. The molecule has 0 radical (unpaired) electrons. The molecule has 1 heterocycles. The molecule has 1 aromatic rings. The first-order valence-corrected chi connectivity index (χ1v) is 3.98. The maximum Gasteiger partial charge on any atom is 0.268 e. The van der Waals surface area contributed by atoms with Gasteiger partial charge in [0, 0.05) is 0 Å². The van der Waals surface area contributed by atoms with Gasteiger partial charge in [0.05, 0.1) is 16.8 Å². The molecule has 0 saturated carbocycles. The predicted octanol–water partition coefficient (Wildman–Crippen LogP) is 3.57. The van der Waals surface area contributed by atoms with Gasteiger partial charge in [-0.3, -0.25) is 0 Å². The molecular formula is C6H2BrClF3N. The maximum absolute atomic E-state index is 12.6. The lowest BCUT2D eigenvalue weighted by Gasteiger charge is -2.04. The first-order valence-electron chi connectivity index (χ1n) is 2.81. The van der Waals surface area contributed by atoms with E-state index in [1.807, 2.05) is 0 Å². The first kappa shape index (κ1) is 9.80. The SMILES string of the molecule is Fc1cnc(Br)c(Cl)c1C(F)F. The quantitative estimate of drug-likeness (QED) is 0.703. The third-order valence-corrected chi connectivity index (χ3v) is 2.40. The van der Waals surface area contributed by atoms with Crippen LogP contribution in [0, 0.1) is 5.82 Å². The Kier molecular flexibility index (Phi) is 2.95. The molecule has 0 atom stereocenters. The van der Waals surface area contributed by atoms with E-state index in [4.69, 9.17) is 11.6 Å². The minimum atomic E-state index is -2.93. The summed E-state index contributed by atoms with van der Waals surface area (Å²) in [7, 11) is 0. The minimum absolute atomic E-state index is 0.0147. The number of pyridine rings is 1. The molecule has 1 aromatic heterocycles. The number of alkyl halides is 2. The van der Waals surface area contributed by atoms with Crippen LogP contribution in [0.25, 0.3) is 0 Å². The van der Waals surface area contributed by atoms with E-state index in [1.165, 1.54) is 0 Å². The molecule has 0 spiro atoms. The van der Waals surface area contributed by atoms with Gasteiger partial charge in [0.15, 0.2) is 5.82 Å². The number of rotatable bonds is 1. The van der Waals surface area contributed by atoms with Crippen molar-refractivity contribution in [3.05, 3.63) is 27.2 Å². The van der Waals surface area contributed by atoms with E-state index in [9.17, 15) is 13.2 Å². The van der Waals surface area contributed by atoms with E-state index in [0.29, 0.717) is 6.20 Å². The number of hydrogen-bond donors (Lipinski definition) is 0. The Balaban J connectivity index is 3.33. The van der Waals surface area contributed by atoms with Crippen LogP contribution in [-0.4, -0.2) is 4.98 Å². The third-order valence-electron chi connectivity index (χ3n) is 1.18. The topological polar surface area (TPSA) is 12.9 Å². The Morgan fingerprint density at radius 2 is 2.08 bits per heavy atom. The summed E-state index contributed by atoms with van der Waals surface area (Å²) in [6, 6.07) is 0. The van der Waals surface area contributed by atoms with Gasteiger partial charge in [-0.15, -0.1) is 0 Å². The van der Waals surface area contributed by atoms with Crippen LogP contribution in [0.15, 0.2) is 10.8 Å². The van der Waals surface area contributed by atoms with Crippen molar-refractivity contribution in [1.29, 1.82) is 0 Å². The number of aromatic nitrogens is 1. The summed E-state index contributed by atoms with van der Waals surface area (Å²) in [5.74, 6) is -1.10. The molecule has 0 amide bonds. The molecule has 0 aromatic carbocycles. The molecule has 0 aliphatic rings. The summed E-state index contributed by atoms with van der Waals surface area (Å²) in [4.78, 5) is 3.40. The first-order chi connectivity index (χ1) is 5.54. The van der Waals surface area contributed by atoms with E-state index in [2.05, 4.69) is 20.9 Å². The van der Waals surface area contributed by atoms with Crippen molar-refractivity contribution in [2.75, 3.05) is 0 Å². The van der Waals surface area contributed by atoms with Crippen LogP contribution in [-0.2, 0) is 0 Å². The average Bonchev–Trinajstić information content (AvgIpc) is 1.97. The van der Waals surface area contributed by atoms with Crippen LogP contribution in [0.5, 0.6) is 0 Å². The van der Waals surface area contributed by atoms with Crippen molar-refractivity contribution < 1.29 is 13.2 Å². The minimum Gasteiger partial charge on any atom is -0.245 e. The lowest BCUT2D eigenvalue weighted by Crippen LogP contribution is -1.94. The highest BCUT2D eigenvalue weighted by molar-refractivity contribution is 9.10. The van der Waals surface area contributed by atoms with Crippen molar-refractivity contribution >= 4 is 27.5 Å². The van der Waals surface area contributed by atoms with Gasteiger partial charge < -0.3 is 0 Å². The third kappa shape index (κ3) is 1.72. The van der Waals surface area contributed by atoms with E-state index in [-0.39, 0.29) is 9.63 Å². The van der Waals surface area contributed by atoms with Gasteiger partial charge in [0.2, 0.25) is 0 Å². The number of halogens is 5. The normalized spacial score (nSPS) is 10.8. The molecule has 6 heteroatoms. The van der Waals surface area contributed by atoms with Gasteiger partial charge in [-0.25, -0.2) is 18.2 Å². The molecule has 0 fully saturated rings. The Morgan fingerprint density at radius 1 is 1.50 bits per heavy atom. The fourth-order valence-electron chi connectivity index (χ4n) is 0.656. The molecule has 0 bridgehead atoms. The molecule has 12 heavy (non-hydrogen) atoms. The largest absolute Gasteiger partial charge is 0.268 e. The van der Waals surface area contributed by atoms with Crippen molar-refractivity contribution in [3.63, 3.8) is 0 Å². The summed E-state index contributed by atoms with van der Waals surface area (Å²) in [5, 5.41) is -0.384. The van der Waals surface area contributed by atoms with E-state index >= 15 is 0 Å². The van der Waals surface area contributed by atoms with Gasteiger partial charge in [-0.1, -0.05) is 11.6 Å². The highest BCUT2D eigenvalue weighted by Crippen LogP contribution is 2.33. The summed E-state index contributed by atoms with van der Waals surface area (Å²) in [6.45, 7) is 0. The Hall–Kier alpha value is -0.290. The highest BCUT2D eigenvalue weighted by atomic mass is 79.9. The van der Waals surface area contributed by atoms with E-state index < -0.39 is 17.8 Å².